The molecule has 1 aliphatic heterocycles. The Morgan fingerprint density at radius 2 is 2.44 bits per heavy atom. The number of aromatic carboxylic acids is 1. The van der Waals surface area contributed by atoms with E-state index in [-0.39, 0.29) is 0 Å². The van der Waals surface area contributed by atoms with Crippen LogP contribution >= 0.6 is 11.3 Å². The Hall–Kier alpha value is -0.870. The smallest absolute Gasteiger partial charge is 0.345 e. The summed E-state index contributed by atoms with van der Waals surface area (Å²) in [7, 11) is 0. The molecule has 2 heterocycles. The highest BCUT2D eigenvalue weighted by atomic mass is 32.1. The van der Waals surface area contributed by atoms with Crippen LogP contribution in [0.3, 0.4) is 0 Å². The van der Waals surface area contributed by atoms with Crippen molar-refractivity contribution in [2.24, 2.45) is 5.92 Å². The SMILES string of the molecule is C[C@H]1CCCN(Cc2ccc(C(=O)O)s2)C1. The minimum atomic E-state index is -0.816. The van der Waals surface area contributed by atoms with Crippen molar-refractivity contribution >= 4 is 17.3 Å². The largest absolute Gasteiger partial charge is 0.477 e. The topological polar surface area (TPSA) is 40.5 Å². The number of carbonyl (C=O) groups is 1. The number of nitrogens with zero attached hydrogens (tertiary/aromatic N) is 1. The van der Waals surface area contributed by atoms with Gasteiger partial charge in [0.15, 0.2) is 0 Å². The molecule has 0 bridgehead atoms. The molecule has 0 amide bonds. The van der Waals surface area contributed by atoms with Gasteiger partial charge < -0.3 is 5.11 Å². The number of likely N-dealkylation sites (tertiary alicyclic amines) is 1. The van der Waals surface area contributed by atoms with Crippen LogP contribution < -0.4 is 0 Å². The molecule has 1 fully saturated rings. The van der Waals surface area contributed by atoms with Crippen molar-refractivity contribution in [2.75, 3.05) is 13.1 Å². The van der Waals surface area contributed by atoms with Crippen LogP contribution in [0, 0.1) is 5.92 Å². The second kappa shape index (κ2) is 4.97. The molecule has 1 aromatic heterocycles. The van der Waals surface area contributed by atoms with Crippen LogP contribution in [-0.2, 0) is 6.54 Å². The van der Waals surface area contributed by atoms with E-state index < -0.39 is 5.97 Å². The lowest BCUT2D eigenvalue weighted by Crippen LogP contribution is -2.33. The van der Waals surface area contributed by atoms with Gasteiger partial charge in [-0.15, -0.1) is 11.3 Å². The molecular formula is C12H17NO2S. The molecule has 0 spiro atoms. The van der Waals surface area contributed by atoms with Crippen LogP contribution in [0.5, 0.6) is 0 Å². The van der Waals surface area contributed by atoms with Gasteiger partial charge in [-0.25, -0.2) is 4.79 Å². The Bertz CT molecular complexity index is 375. The van der Waals surface area contributed by atoms with Crippen LogP contribution in [0.15, 0.2) is 12.1 Å². The molecule has 1 saturated heterocycles. The first-order valence-electron chi connectivity index (χ1n) is 5.69. The van der Waals surface area contributed by atoms with Crippen LogP contribution in [0.25, 0.3) is 0 Å². The molecule has 88 valence electrons. The van der Waals surface area contributed by atoms with Gasteiger partial charge in [-0.1, -0.05) is 6.92 Å². The van der Waals surface area contributed by atoms with Crippen molar-refractivity contribution in [3.63, 3.8) is 0 Å². The molecule has 1 aliphatic rings. The summed E-state index contributed by atoms with van der Waals surface area (Å²) in [4.78, 5) is 14.8. The first kappa shape index (κ1) is 11.6. The van der Waals surface area contributed by atoms with E-state index in [2.05, 4.69) is 11.8 Å². The molecule has 1 atom stereocenters. The maximum Gasteiger partial charge on any atom is 0.345 e. The van der Waals surface area contributed by atoms with Gasteiger partial charge in [-0.3, -0.25) is 4.90 Å². The lowest BCUT2D eigenvalue weighted by Gasteiger charge is -2.30. The zero-order valence-corrected chi connectivity index (χ0v) is 10.3. The molecular weight excluding hydrogens is 222 g/mol. The van der Waals surface area contributed by atoms with Gasteiger partial charge in [0.25, 0.3) is 0 Å². The maximum atomic E-state index is 10.8. The maximum absolute atomic E-state index is 10.8. The van der Waals surface area contributed by atoms with Crippen molar-refractivity contribution in [3.05, 3.63) is 21.9 Å². The summed E-state index contributed by atoms with van der Waals surface area (Å²) >= 11 is 1.39. The predicted molar refractivity (Wildman–Crippen MR) is 65.0 cm³/mol. The third-order valence-corrected chi connectivity index (χ3v) is 4.05. The molecule has 1 N–H and O–H groups in total. The normalized spacial score (nSPS) is 22.2. The molecule has 0 radical (unpaired) electrons. The number of piperidine rings is 1. The van der Waals surface area contributed by atoms with E-state index in [0.717, 1.165) is 30.4 Å². The summed E-state index contributed by atoms with van der Waals surface area (Å²) in [5.74, 6) is -0.0454. The van der Waals surface area contributed by atoms with E-state index in [4.69, 9.17) is 5.11 Å². The lowest BCUT2D eigenvalue weighted by molar-refractivity contribution is 0.0702. The first-order chi connectivity index (χ1) is 7.65. The molecule has 0 saturated carbocycles. The number of thiophene rings is 1. The average molecular weight is 239 g/mol. The summed E-state index contributed by atoms with van der Waals surface area (Å²) in [6, 6.07) is 3.64. The Labute approximate surface area is 99.7 Å². The monoisotopic (exact) mass is 239 g/mol. The summed E-state index contributed by atoms with van der Waals surface area (Å²) < 4.78 is 0. The number of hydrogen-bond donors (Lipinski definition) is 1. The summed E-state index contributed by atoms with van der Waals surface area (Å²) in [5, 5.41) is 8.84. The van der Waals surface area contributed by atoms with Crippen LogP contribution in [0.1, 0.15) is 34.3 Å². The van der Waals surface area contributed by atoms with Crippen LogP contribution in [-0.4, -0.2) is 29.1 Å². The van der Waals surface area contributed by atoms with E-state index in [9.17, 15) is 4.79 Å². The second-order valence-electron chi connectivity index (χ2n) is 4.55. The van der Waals surface area contributed by atoms with E-state index in [1.165, 1.54) is 24.2 Å². The van der Waals surface area contributed by atoms with Crippen molar-refractivity contribution in [2.45, 2.75) is 26.3 Å². The summed E-state index contributed by atoms with van der Waals surface area (Å²) in [5.41, 5.74) is 0. The molecule has 2 rings (SSSR count). The minimum absolute atomic E-state index is 0.444. The van der Waals surface area contributed by atoms with E-state index in [1.54, 1.807) is 6.07 Å². The van der Waals surface area contributed by atoms with Gasteiger partial charge in [0, 0.05) is 18.0 Å². The van der Waals surface area contributed by atoms with Gasteiger partial charge in [0.2, 0.25) is 0 Å². The number of hydrogen-bond acceptors (Lipinski definition) is 3. The highest BCUT2D eigenvalue weighted by Crippen LogP contribution is 2.22. The van der Waals surface area contributed by atoms with Crippen LogP contribution in [0.4, 0.5) is 0 Å². The van der Waals surface area contributed by atoms with Gasteiger partial charge >= 0.3 is 5.97 Å². The Morgan fingerprint density at radius 1 is 1.62 bits per heavy atom. The predicted octanol–water partition coefficient (Wildman–Crippen LogP) is 2.68. The van der Waals surface area contributed by atoms with Crippen molar-refractivity contribution in [1.29, 1.82) is 0 Å². The first-order valence-corrected chi connectivity index (χ1v) is 6.51. The molecule has 0 aromatic carbocycles. The highest BCUT2D eigenvalue weighted by Gasteiger charge is 2.17. The quantitative estimate of drug-likeness (QED) is 0.881. The van der Waals surface area contributed by atoms with E-state index in [0.29, 0.717) is 4.88 Å². The van der Waals surface area contributed by atoms with Gasteiger partial charge in [0.05, 0.1) is 0 Å². The highest BCUT2D eigenvalue weighted by molar-refractivity contribution is 7.13. The fraction of sp³-hybridized carbons (Fsp3) is 0.583. The van der Waals surface area contributed by atoms with Crippen molar-refractivity contribution in [3.8, 4) is 0 Å². The number of rotatable bonds is 3. The Kier molecular flexibility index (Phi) is 3.61. The fourth-order valence-corrected chi connectivity index (χ4v) is 3.12. The Balaban J connectivity index is 1.95. The number of carboxylic acid groups (broad SMARTS) is 1. The fourth-order valence-electron chi connectivity index (χ4n) is 2.23. The number of carboxylic acids is 1. The zero-order chi connectivity index (χ0) is 11.5. The van der Waals surface area contributed by atoms with Crippen LogP contribution in [0.2, 0.25) is 0 Å². The lowest BCUT2D eigenvalue weighted by atomic mass is 10.0. The third-order valence-electron chi connectivity index (χ3n) is 2.99. The van der Waals surface area contributed by atoms with E-state index in [1.807, 2.05) is 6.07 Å². The standard InChI is InChI=1S/C12H17NO2S/c1-9-3-2-6-13(7-9)8-10-4-5-11(16-10)12(14)15/h4-5,9H,2-3,6-8H2,1H3,(H,14,15)/t9-/m0/s1. The van der Waals surface area contributed by atoms with Gasteiger partial charge in [0.1, 0.15) is 4.88 Å². The Morgan fingerprint density at radius 3 is 3.06 bits per heavy atom. The molecule has 0 aliphatic carbocycles. The molecule has 4 heteroatoms. The molecule has 16 heavy (non-hydrogen) atoms. The van der Waals surface area contributed by atoms with Crippen molar-refractivity contribution in [1.82, 2.24) is 4.90 Å². The zero-order valence-electron chi connectivity index (χ0n) is 9.48. The molecule has 0 unspecified atom stereocenters. The average Bonchev–Trinajstić information content (AvgIpc) is 2.66. The van der Waals surface area contributed by atoms with Gasteiger partial charge in [-0.2, -0.15) is 0 Å². The molecule has 3 nitrogen and oxygen atoms in total. The van der Waals surface area contributed by atoms with Crippen molar-refractivity contribution < 1.29 is 9.90 Å². The summed E-state index contributed by atoms with van der Waals surface area (Å²) in [6.45, 7) is 5.47. The third kappa shape index (κ3) is 2.83. The summed E-state index contributed by atoms with van der Waals surface area (Å²) in [6.07, 6.45) is 2.58. The second-order valence-corrected chi connectivity index (χ2v) is 5.72. The van der Waals surface area contributed by atoms with E-state index >= 15 is 0 Å². The van der Waals surface area contributed by atoms with Gasteiger partial charge in [-0.05, 0) is 37.4 Å². The molecule has 1 aromatic rings. The minimum Gasteiger partial charge on any atom is -0.477 e.